The number of para-hydroxylation sites is 1. The summed E-state index contributed by atoms with van der Waals surface area (Å²) in [6.07, 6.45) is 0.677. The van der Waals surface area contributed by atoms with Crippen molar-refractivity contribution < 1.29 is 9.13 Å². The summed E-state index contributed by atoms with van der Waals surface area (Å²) in [6, 6.07) is 16.0. The molecule has 0 aliphatic carbocycles. The Hall–Kier alpha value is -2.95. The van der Waals surface area contributed by atoms with Crippen molar-refractivity contribution in [3.8, 4) is 17.1 Å². The number of halogens is 1. The van der Waals surface area contributed by atoms with Gasteiger partial charge in [-0.25, -0.2) is 9.37 Å². The average Bonchev–Trinajstić information content (AvgIpc) is 2.61. The first-order chi connectivity index (χ1) is 12.1. The fourth-order valence-corrected chi connectivity index (χ4v) is 2.82. The van der Waals surface area contributed by atoms with E-state index in [2.05, 4.69) is 4.98 Å². The molecule has 0 aliphatic rings. The SMILES string of the molecule is COc1c(F)cccc1-c1nc(C)cc(=O)n1CCc1ccccc1. The standard InChI is InChI=1S/C20H19FN2O2/c1-14-13-18(24)23(12-11-15-7-4-3-5-8-15)20(22-14)16-9-6-10-17(21)19(16)25-2/h3-10,13H,11-12H2,1-2H3. The highest BCUT2D eigenvalue weighted by molar-refractivity contribution is 5.65. The van der Waals surface area contributed by atoms with Crippen LogP contribution in [-0.2, 0) is 13.0 Å². The Morgan fingerprint density at radius 3 is 2.60 bits per heavy atom. The number of rotatable bonds is 5. The Bertz CT molecular complexity index is 936. The van der Waals surface area contributed by atoms with Crippen LogP contribution in [-0.4, -0.2) is 16.7 Å². The van der Waals surface area contributed by atoms with Gasteiger partial charge in [0.15, 0.2) is 11.6 Å². The Morgan fingerprint density at radius 1 is 1.12 bits per heavy atom. The molecule has 2 aromatic carbocycles. The summed E-state index contributed by atoms with van der Waals surface area (Å²) in [5.74, 6) is 0.0242. The normalized spacial score (nSPS) is 10.7. The molecular weight excluding hydrogens is 319 g/mol. The van der Waals surface area contributed by atoms with E-state index in [0.717, 1.165) is 5.56 Å². The zero-order chi connectivity index (χ0) is 17.8. The molecule has 0 radical (unpaired) electrons. The molecule has 0 unspecified atom stereocenters. The highest BCUT2D eigenvalue weighted by atomic mass is 19.1. The lowest BCUT2D eigenvalue weighted by molar-refractivity contribution is 0.387. The molecule has 0 aliphatic heterocycles. The summed E-state index contributed by atoms with van der Waals surface area (Å²) in [5.41, 5.74) is 2.01. The Labute approximate surface area is 145 Å². The molecule has 1 heterocycles. The van der Waals surface area contributed by atoms with E-state index in [4.69, 9.17) is 4.74 Å². The van der Waals surface area contributed by atoms with Gasteiger partial charge in [0.25, 0.3) is 5.56 Å². The number of aromatic nitrogens is 2. The molecule has 0 saturated heterocycles. The quantitative estimate of drug-likeness (QED) is 0.714. The molecule has 0 spiro atoms. The Kier molecular flexibility index (Phi) is 4.93. The summed E-state index contributed by atoms with van der Waals surface area (Å²) in [4.78, 5) is 17.0. The molecule has 0 N–H and O–H groups in total. The van der Waals surface area contributed by atoms with E-state index in [1.54, 1.807) is 23.6 Å². The molecule has 0 amide bonds. The fourth-order valence-electron chi connectivity index (χ4n) is 2.82. The number of nitrogens with zero attached hydrogens (tertiary/aromatic N) is 2. The topological polar surface area (TPSA) is 44.1 Å². The number of hydrogen-bond acceptors (Lipinski definition) is 3. The summed E-state index contributed by atoms with van der Waals surface area (Å²) >= 11 is 0. The highest BCUT2D eigenvalue weighted by Crippen LogP contribution is 2.30. The lowest BCUT2D eigenvalue weighted by atomic mass is 10.1. The number of aryl methyl sites for hydroxylation is 2. The molecule has 0 bridgehead atoms. The minimum absolute atomic E-state index is 0.0912. The largest absolute Gasteiger partial charge is 0.493 e. The minimum Gasteiger partial charge on any atom is -0.493 e. The summed E-state index contributed by atoms with van der Waals surface area (Å²) < 4.78 is 20.8. The van der Waals surface area contributed by atoms with Crippen molar-refractivity contribution in [3.63, 3.8) is 0 Å². The van der Waals surface area contributed by atoms with Crippen molar-refractivity contribution in [3.05, 3.63) is 82.0 Å². The van der Waals surface area contributed by atoms with Crippen molar-refractivity contribution in [2.45, 2.75) is 19.9 Å². The van der Waals surface area contributed by atoms with Crippen LogP contribution in [0.25, 0.3) is 11.4 Å². The van der Waals surface area contributed by atoms with Gasteiger partial charge in [0.2, 0.25) is 0 Å². The van der Waals surface area contributed by atoms with Crippen LogP contribution >= 0.6 is 0 Å². The second kappa shape index (κ2) is 7.30. The van der Waals surface area contributed by atoms with Crippen molar-refractivity contribution >= 4 is 0 Å². The van der Waals surface area contributed by atoms with E-state index < -0.39 is 5.82 Å². The Morgan fingerprint density at radius 2 is 1.88 bits per heavy atom. The van der Waals surface area contributed by atoms with Crippen LogP contribution in [0.2, 0.25) is 0 Å². The van der Waals surface area contributed by atoms with E-state index >= 15 is 0 Å². The van der Waals surface area contributed by atoms with Gasteiger partial charge in [-0.2, -0.15) is 0 Å². The predicted molar refractivity (Wildman–Crippen MR) is 95.3 cm³/mol. The first-order valence-corrected chi connectivity index (χ1v) is 8.05. The summed E-state index contributed by atoms with van der Waals surface area (Å²) in [7, 11) is 1.41. The van der Waals surface area contributed by atoms with Crippen molar-refractivity contribution in [2.24, 2.45) is 0 Å². The molecular formula is C20H19FN2O2. The highest BCUT2D eigenvalue weighted by Gasteiger charge is 2.17. The number of ether oxygens (including phenoxy) is 1. The van der Waals surface area contributed by atoms with Crippen LogP contribution in [0.15, 0.2) is 59.4 Å². The molecule has 25 heavy (non-hydrogen) atoms. The lowest BCUT2D eigenvalue weighted by Gasteiger charge is -2.15. The predicted octanol–water partition coefficient (Wildman–Crippen LogP) is 3.61. The number of hydrogen-bond donors (Lipinski definition) is 0. The zero-order valence-electron chi connectivity index (χ0n) is 14.2. The first kappa shape index (κ1) is 16.9. The van der Waals surface area contributed by atoms with Crippen LogP contribution in [0.5, 0.6) is 5.75 Å². The number of benzene rings is 2. The first-order valence-electron chi connectivity index (χ1n) is 8.05. The van der Waals surface area contributed by atoms with Crippen molar-refractivity contribution in [2.75, 3.05) is 7.11 Å². The maximum atomic E-state index is 14.1. The van der Waals surface area contributed by atoms with Crippen LogP contribution < -0.4 is 10.3 Å². The molecule has 1 aromatic heterocycles. The molecule has 0 fully saturated rings. The molecule has 3 aromatic rings. The van der Waals surface area contributed by atoms with Crippen LogP contribution in [0, 0.1) is 12.7 Å². The van der Waals surface area contributed by atoms with E-state index in [1.807, 2.05) is 30.3 Å². The summed E-state index contributed by atoms with van der Waals surface area (Å²) in [5, 5.41) is 0. The second-order valence-corrected chi connectivity index (χ2v) is 5.77. The van der Waals surface area contributed by atoms with Crippen molar-refractivity contribution in [1.82, 2.24) is 9.55 Å². The van der Waals surface area contributed by atoms with Crippen LogP contribution in [0.1, 0.15) is 11.3 Å². The van der Waals surface area contributed by atoms with Gasteiger partial charge in [-0.15, -0.1) is 0 Å². The Balaban J connectivity index is 2.08. The maximum absolute atomic E-state index is 14.1. The lowest BCUT2D eigenvalue weighted by Crippen LogP contribution is -2.24. The maximum Gasteiger partial charge on any atom is 0.253 e. The van der Waals surface area contributed by atoms with Gasteiger partial charge in [0.1, 0.15) is 5.82 Å². The van der Waals surface area contributed by atoms with Gasteiger partial charge in [0, 0.05) is 18.3 Å². The molecule has 128 valence electrons. The van der Waals surface area contributed by atoms with Gasteiger partial charge in [-0.1, -0.05) is 36.4 Å². The zero-order valence-corrected chi connectivity index (χ0v) is 14.2. The van der Waals surface area contributed by atoms with Gasteiger partial charge in [-0.05, 0) is 31.0 Å². The monoisotopic (exact) mass is 338 g/mol. The van der Waals surface area contributed by atoms with E-state index in [9.17, 15) is 9.18 Å². The van der Waals surface area contributed by atoms with Gasteiger partial charge >= 0.3 is 0 Å². The average molecular weight is 338 g/mol. The second-order valence-electron chi connectivity index (χ2n) is 5.77. The third kappa shape index (κ3) is 3.60. The molecule has 0 atom stereocenters. The van der Waals surface area contributed by atoms with E-state index in [0.29, 0.717) is 30.0 Å². The number of methoxy groups -OCH3 is 1. The van der Waals surface area contributed by atoms with Gasteiger partial charge in [-0.3, -0.25) is 9.36 Å². The van der Waals surface area contributed by atoms with Crippen LogP contribution in [0.3, 0.4) is 0 Å². The van der Waals surface area contributed by atoms with Gasteiger partial charge < -0.3 is 4.74 Å². The fraction of sp³-hybridized carbons (Fsp3) is 0.200. The minimum atomic E-state index is -0.481. The smallest absolute Gasteiger partial charge is 0.253 e. The third-order valence-electron chi connectivity index (χ3n) is 4.02. The van der Waals surface area contributed by atoms with E-state index in [1.165, 1.54) is 19.2 Å². The molecule has 4 nitrogen and oxygen atoms in total. The third-order valence-corrected chi connectivity index (χ3v) is 4.02. The molecule has 5 heteroatoms. The van der Waals surface area contributed by atoms with E-state index in [-0.39, 0.29) is 11.3 Å². The van der Waals surface area contributed by atoms with Gasteiger partial charge in [0.05, 0.1) is 12.7 Å². The van der Waals surface area contributed by atoms with Crippen LogP contribution in [0.4, 0.5) is 4.39 Å². The molecule has 3 rings (SSSR count). The van der Waals surface area contributed by atoms with Crippen molar-refractivity contribution in [1.29, 1.82) is 0 Å². The molecule has 0 saturated carbocycles. The summed E-state index contributed by atoms with van der Waals surface area (Å²) in [6.45, 7) is 2.20.